The van der Waals surface area contributed by atoms with Gasteiger partial charge in [-0.25, -0.2) is 0 Å². The summed E-state index contributed by atoms with van der Waals surface area (Å²) in [5, 5.41) is 3.41. The van der Waals surface area contributed by atoms with Gasteiger partial charge in [-0.1, -0.05) is 0 Å². The maximum atomic E-state index is 5.50. The van der Waals surface area contributed by atoms with Crippen molar-refractivity contribution in [2.24, 2.45) is 5.92 Å². The standard InChI is InChI=1S/C15H24N2O2/c1-11-7-15(19-4)13(8-14(11)18-3)17(2)10-12-5-6-16-9-12/h7-8,12,16H,5-6,9-10H2,1-4H3. The highest BCUT2D eigenvalue weighted by atomic mass is 16.5. The molecule has 19 heavy (non-hydrogen) atoms. The van der Waals surface area contributed by atoms with Gasteiger partial charge in [0.05, 0.1) is 19.9 Å². The lowest BCUT2D eigenvalue weighted by Gasteiger charge is -2.25. The molecule has 1 aromatic rings. The van der Waals surface area contributed by atoms with Gasteiger partial charge in [0.25, 0.3) is 0 Å². The Morgan fingerprint density at radius 3 is 2.58 bits per heavy atom. The normalized spacial score (nSPS) is 18.4. The smallest absolute Gasteiger partial charge is 0.142 e. The van der Waals surface area contributed by atoms with Crippen molar-refractivity contribution >= 4 is 5.69 Å². The number of hydrogen-bond acceptors (Lipinski definition) is 4. The van der Waals surface area contributed by atoms with Crippen LogP contribution in [0.15, 0.2) is 12.1 Å². The summed E-state index contributed by atoms with van der Waals surface area (Å²) in [5.41, 5.74) is 2.19. The molecule has 0 aromatic heterocycles. The number of hydrogen-bond donors (Lipinski definition) is 1. The molecule has 0 saturated carbocycles. The minimum Gasteiger partial charge on any atom is -0.496 e. The number of rotatable bonds is 5. The van der Waals surface area contributed by atoms with Gasteiger partial charge in [-0.15, -0.1) is 0 Å². The maximum absolute atomic E-state index is 5.50. The third-order valence-electron chi connectivity index (χ3n) is 3.80. The molecule has 1 atom stereocenters. The molecular weight excluding hydrogens is 240 g/mol. The zero-order valence-corrected chi connectivity index (χ0v) is 12.3. The maximum Gasteiger partial charge on any atom is 0.142 e. The summed E-state index contributed by atoms with van der Waals surface area (Å²) < 4.78 is 10.9. The van der Waals surface area contributed by atoms with Crippen LogP contribution in [0.25, 0.3) is 0 Å². The highest BCUT2D eigenvalue weighted by Crippen LogP contribution is 2.35. The Bertz CT molecular complexity index is 428. The molecule has 106 valence electrons. The van der Waals surface area contributed by atoms with Crippen LogP contribution in [-0.4, -0.2) is 40.9 Å². The summed E-state index contributed by atoms with van der Waals surface area (Å²) in [4.78, 5) is 2.26. The van der Waals surface area contributed by atoms with Crippen molar-refractivity contribution in [1.29, 1.82) is 0 Å². The largest absolute Gasteiger partial charge is 0.496 e. The number of ether oxygens (including phenoxy) is 2. The molecule has 1 fully saturated rings. The van der Waals surface area contributed by atoms with E-state index in [9.17, 15) is 0 Å². The molecule has 1 aliphatic heterocycles. The van der Waals surface area contributed by atoms with Gasteiger partial charge < -0.3 is 19.7 Å². The number of benzene rings is 1. The Hall–Kier alpha value is -1.42. The van der Waals surface area contributed by atoms with E-state index >= 15 is 0 Å². The van der Waals surface area contributed by atoms with Crippen LogP contribution >= 0.6 is 0 Å². The topological polar surface area (TPSA) is 33.7 Å². The third-order valence-corrected chi connectivity index (χ3v) is 3.80. The number of anilines is 1. The predicted molar refractivity (Wildman–Crippen MR) is 78.5 cm³/mol. The Kier molecular flexibility index (Phi) is 4.53. The summed E-state index contributed by atoms with van der Waals surface area (Å²) in [6.07, 6.45) is 1.25. The Labute approximate surface area is 115 Å². The van der Waals surface area contributed by atoms with E-state index in [0.29, 0.717) is 5.92 Å². The fourth-order valence-electron chi connectivity index (χ4n) is 2.69. The molecule has 1 saturated heterocycles. The van der Waals surface area contributed by atoms with Crippen molar-refractivity contribution in [3.05, 3.63) is 17.7 Å². The van der Waals surface area contributed by atoms with Gasteiger partial charge in [0.15, 0.2) is 0 Å². The number of nitrogens with zero attached hydrogens (tertiary/aromatic N) is 1. The van der Waals surface area contributed by atoms with E-state index in [1.165, 1.54) is 6.42 Å². The van der Waals surface area contributed by atoms with Crippen molar-refractivity contribution in [2.75, 3.05) is 45.8 Å². The number of nitrogens with one attached hydrogen (secondary N) is 1. The zero-order valence-electron chi connectivity index (χ0n) is 12.3. The number of methoxy groups -OCH3 is 2. The first kappa shape index (κ1) is 14.0. The van der Waals surface area contributed by atoms with E-state index in [4.69, 9.17) is 9.47 Å². The van der Waals surface area contributed by atoms with Crippen LogP contribution < -0.4 is 19.7 Å². The average Bonchev–Trinajstić information content (AvgIpc) is 2.91. The van der Waals surface area contributed by atoms with Gasteiger partial charge >= 0.3 is 0 Å². The lowest BCUT2D eigenvalue weighted by molar-refractivity contribution is 0.400. The fraction of sp³-hybridized carbons (Fsp3) is 0.600. The third kappa shape index (κ3) is 3.13. The second kappa shape index (κ2) is 6.15. The molecule has 2 rings (SSSR count). The lowest BCUT2D eigenvalue weighted by atomic mass is 10.1. The molecular formula is C15H24N2O2. The molecule has 1 aliphatic rings. The van der Waals surface area contributed by atoms with Gasteiger partial charge in [-0.2, -0.15) is 0 Å². The molecule has 1 aromatic carbocycles. The molecule has 0 amide bonds. The monoisotopic (exact) mass is 264 g/mol. The quantitative estimate of drug-likeness (QED) is 0.882. The first-order chi connectivity index (χ1) is 9.15. The van der Waals surface area contributed by atoms with Crippen molar-refractivity contribution in [3.63, 3.8) is 0 Å². The Balaban J connectivity index is 2.20. The van der Waals surface area contributed by atoms with Gasteiger partial charge in [0.1, 0.15) is 11.5 Å². The van der Waals surface area contributed by atoms with Crippen LogP contribution in [0.4, 0.5) is 5.69 Å². The Morgan fingerprint density at radius 2 is 2.00 bits per heavy atom. The Morgan fingerprint density at radius 1 is 1.26 bits per heavy atom. The number of aryl methyl sites for hydroxylation is 1. The second-order valence-corrected chi connectivity index (χ2v) is 5.23. The van der Waals surface area contributed by atoms with Crippen LogP contribution in [0.1, 0.15) is 12.0 Å². The molecule has 0 bridgehead atoms. The molecule has 4 heteroatoms. The molecule has 0 aliphatic carbocycles. The fourth-order valence-corrected chi connectivity index (χ4v) is 2.69. The summed E-state index contributed by atoms with van der Waals surface area (Å²) >= 11 is 0. The van der Waals surface area contributed by atoms with Crippen LogP contribution in [0.3, 0.4) is 0 Å². The van der Waals surface area contributed by atoms with E-state index in [0.717, 1.165) is 42.4 Å². The highest BCUT2D eigenvalue weighted by Gasteiger charge is 2.19. The zero-order chi connectivity index (χ0) is 13.8. The van der Waals surface area contributed by atoms with Gasteiger partial charge in [0.2, 0.25) is 0 Å². The SMILES string of the molecule is COc1cc(N(C)CC2CCNC2)c(OC)cc1C. The van der Waals surface area contributed by atoms with Gasteiger partial charge in [0, 0.05) is 19.7 Å². The van der Waals surface area contributed by atoms with Gasteiger partial charge in [-0.3, -0.25) is 0 Å². The first-order valence-electron chi connectivity index (χ1n) is 6.80. The predicted octanol–water partition coefficient (Wildman–Crippen LogP) is 2.06. The van der Waals surface area contributed by atoms with E-state index in [1.54, 1.807) is 14.2 Å². The molecule has 1 unspecified atom stereocenters. The summed E-state index contributed by atoms with van der Waals surface area (Å²) in [6.45, 7) is 5.31. The van der Waals surface area contributed by atoms with Crippen molar-refractivity contribution in [3.8, 4) is 11.5 Å². The summed E-state index contributed by atoms with van der Waals surface area (Å²) in [5.74, 6) is 2.53. The van der Waals surface area contributed by atoms with Crippen LogP contribution in [0.2, 0.25) is 0 Å². The van der Waals surface area contributed by atoms with E-state index < -0.39 is 0 Å². The van der Waals surface area contributed by atoms with Crippen molar-refractivity contribution in [1.82, 2.24) is 5.32 Å². The molecule has 4 nitrogen and oxygen atoms in total. The van der Waals surface area contributed by atoms with E-state index in [2.05, 4.69) is 23.3 Å². The minimum absolute atomic E-state index is 0.710. The lowest BCUT2D eigenvalue weighted by Crippen LogP contribution is -2.27. The van der Waals surface area contributed by atoms with E-state index in [1.807, 2.05) is 13.0 Å². The van der Waals surface area contributed by atoms with E-state index in [-0.39, 0.29) is 0 Å². The van der Waals surface area contributed by atoms with Crippen molar-refractivity contribution in [2.45, 2.75) is 13.3 Å². The average molecular weight is 264 g/mol. The minimum atomic E-state index is 0.710. The highest BCUT2D eigenvalue weighted by molar-refractivity contribution is 5.63. The van der Waals surface area contributed by atoms with Crippen LogP contribution in [0, 0.1) is 12.8 Å². The molecule has 1 N–H and O–H groups in total. The summed E-state index contributed by atoms with van der Waals surface area (Å²) in [6, 6.07) is 4.11. The van der Waals surface area contributed by atoms with Crippen LogP contribution in [0.5, 0.6) is 11.5 Å². The molecule has 0 spiro atoms. The molecule has 1 heterocycles. The summed E-state index contributed by atoms with van der Waals surface area (Å²) in [7, 11) is 5.54. The van der Waals surface area contributed by atoms with Crippen molar-refractivity contribution < 1.29 is 9.47 Å². The van der Waals surface area contributed by atoms with Gasteiger partial charge in [-0.05, 0) is 44.0 Å². The molecule has 0 radical (unpaired) electrons. The first-order valence-corrected chi connectivity index (χ1v) is 6.80. The second-order valence-electron chi connectivity index (χ2n) is 5.23. The van der Waals surface area contributed by atoms with Crippen LogP contribution in [-0.2, 0) is 0 Å².